The number of thiophene rings is 1. The van der Waals surface area contributed by atoms with E-state index in [4.69, 9.17) is 9.47 Å². The highest BCUT2D eigenvalue weighted by atomic mass is 32.1. The fourth-order valence-electron chi connectivity index (χ4n) is 3.49. The van der Waals surface area contributed by atoms with Gasteiger partial charge in [-0.05, 0) is 31.2 Å². The second-order valence-electron chi connectivity index (χ2n) is 6.52. The number of carbonyl (C=O) groups excluding carboxylic acids is 1. The van der Waals surface area contributed by atoms with Gasteiger partial charge in [0.25, 0.3) is 5.91 Å². The van der Waals surface area contributed by atoms with Gasteiger partial charge in [0, 0.05) is 23.5 Å². The number of hydrogen-bond donors (Lipinski definition) is 3. The molecule has 0 saturated carbocycles. The highest BCUT2D eigenvalue weighted by Crippen LogP contribution is 2.43. The summed E-state index contributed by atoms with van der Waals surface area (Å²) in [6.07, 6.45) is 0.467. The molecule has 138 valence electrons. The fourth-order valence-corrected chi connectivity index (χ4v) is 4.84. The minimum atomic E-state index is -0.420. The summed E-state index contributed by atoms with van der Waals surface area (Å²) < 4.78 is 10.4. The Kier molecular flexibility index (Phi) is 4.16. The van der Waals surface area contributed by atoms with E-state index in [1.54, 1.807) is 23.5 Å². The molecule has 0 bridgehead atoms. The van der Waals surface area contributed by atoms with Gasteiger partial charge in [-0.2, -0.15) is 0 Å². The quantitative estimate of drug-likeness (QED) is 0.764. The lowest BCUT2D eigenvalue weighted by Gasteiger charge is -2.28. The number of amides is 1. The van der Waals surface area contributed by atoms with Gasteiger partial charge in [-0.25, -0.2) is 0 Å². The van der Waals surface area contributed by atoms with Crippen molar-refractivity contribution < 1.29 is 19.4 Å². The Labute approximate surface area is 155 Å². The van der Waals surface area contributed by atoms with E-state index in [0.717, 1.165) is 41.2 Å². The second kappa shape index (κ2) is 6.37. The number of nitrogens with zero attached hydrogens (tertiary/aromatic N) is 1. The molecule has 0 radical (unpaired) electrons. The monoisotopic (exact) mass is 375 g/mol. The van der Waals surface area contributed by atoms with Crippen molar-refractivity contribution >= 4 is 22.2 Å². The largest absolute Gasteiger partial charge is 0.502 e. The number of fused-ring (bicyclic) bond motifs is 3. The van der Waals surface area contributed by atoms with Crippen molar-refractivity contribution in [1.82, 2.24) is 10.2 Å². The molecular formula is C18H21N3O4S. The van der Waals surface area contributed by atoms with Crippen LogP contribution in [0.4, 0.5) is 5.00 Å². The first-order valence-electron chi connectivity index (χ1n) is 8.37. The minimum Gasteiger partial charge on any atom is -0.502 e. The van der Waals surface area contributed by atoms with Gasteiger partial charge < -0.3 is 30.1 Å². The van der Waals surface area contributed by atoms with Crippen molar-refractivity contribution in [2.45, 2.75) is 19.1 Å². The lowest BCUT2D eigenvalue weighted by Crippen LogP contribution is -2.38. The molecule has 0 aliphatic carbocycles. The molecule has 1 amide bonds. The number of methoxy groups -OCH3 is 2. The predicted molar refractivity (Wildman–Crippen MR) is 99.4 cm³/mol. The second-order valence-corrected chi connectivity index (χ2v) is 7.63. The molecule has 0 fully saturated rings. The van der Waals surface area contributed by atoms with Crippen molar-refractivity contribution in [3.8, 4) is 17.2 Å². The normalized spacial score (nSPS) is 19.2. The number of rotatable bonds is 3. The average molecular weight is 375 g/mol. The summed E-state index contributed by atoms with van der Waals surface area (Å²) in [6.45, 7) is 1.83. The molecule has 1 atom stereocenters. The van der Waals surface area contributed by atoms with Crippen molar-refractivity contribution in [2.24, 2.45) is 0 Å². The Bertz CT molecular complexity index is 855. The first kappa shape index (κ1) is 17.0. The van der Waals surface area contributed by atoms with Crippen molar-refractivity contribution in [3.63, 3.8) is 0 Å². The number of ether oxygens (including phenoxy) is 2. The molecule has 0 unspecified atom stereocenters. The average Bonchev–Trinajstić information content (AvgIpc) is 2.99. The zero-order chi connectivity index (χ0) is 18.4. The maximum absolute atomic E-state index is 12.8. The Hall–Kier alpha value is -2.45. The summed E-state index contributed by atoms with van der Waals surface area (Å²) in [5.74, 6) is 0.467. The van der Waals surface area contributed by atoms with Crippen LogP contribution in [0.1, 0.15) is 32.5 Å². The van der Waals surface area contributed by atoms with Crippen LogP contribution >= 0.6 is 11.3 Å². The molecule has 2 aromatic rings. The van der Waals surface area contributed by atoms with E-state index in [2.05, 4.69) is 22.6 Å². The Balaban J connectivity index is 1.71. The van der Waals surface area contributed by atoms with Crippen LogP contribution in [0, 0.1) is 0 Å². The highest BCUT2D eigenvalue weighted by Gasteiger charge is 2.33. The molecule has 1 aromatic carbocycles. The summed E-state index contributed by atoms with van der Waals surface area (Å²) in [4.78, 5) is 16.3. The predicted octanol–water partition coefficient (Wildman–Crippen LogP) is 2.31. The standard InChI is InChI=1S/C18H21N3O4S/c1-21-5-4-10-13(8-21)26-18-14(10)17(23)19-16(20-18)9-6-11(24-2)15(22)12(7-9)25-3/h6-7,16,20,22H,4-5,8H2,1-3H3,(H,19,23)/t16-/m1/s1. The number of carbonyl (C=O) groups is 1. The maximum Gasteiger partial charge on any atom is 0.256 e. The number of nitrogens with one attached hydrogen (secondary N) is 2. The number of phenols is 1. The Morgan fingerprint density at radius 1 is 1.23 bits per heavy atom. The summed E-state index contributed by atoms with van der Waals surface area (Å²) in [7, 11) is 5.05. The third-order valence-electron chi connectivity index (χ3n) is 4.86. The summed E-state index contributed by atoms with van der Waals surface area (Å²) >= 11 is 1.64. The van der Waals surface area contributed by atoms with Gasteiger partial charge in [0.1, 0.15) is 11.2 Å². The van der Waals surface area contributed by atoms with Crippen LogP contribution in [0.15, 0.2) is 12.1 Å². The third kappa shape index (κ3) is 2.65. The van der Waals surface area contributed by atoms with E-state index in [0.29, 0.717) is 11.5 Å². The van der Waals surface area contributed by atoms with Crippen LogP contribution in [0.5, 0.6) is 17.2 Å². The van der Waals surface area contributed by atoms with E-state index in [-0.39, 0.29) is 11.7 Å². The fraction of sp³-hybridized carbons (Fsp3) is 0.389. The van der Waals surface area contributed by atoms with Crippen molar-refractivity contribution in [1.29, 1.82) is 0 Å². The number of anilines is 1. The number of hydrogen-bond acceptors (Lipinski definition) is 7. The highest BCUT2D eigenvalue weighted by molar-refractivity contribution is 7.16. The topological polar surface area (TPSA) is 83.1 Å². The number of aromatic hydroxyl groups is 1. The molecule has 4 rings (SSSR count). The van der Waals surface area contributed by atoms with E-state index < -0.39 is 6.17 Å². The van der Waals surface area contributed by atoms with Crippen molar-refractivity contribution in [3.05, 3.63) is 33.7 Å². The first-order valence-corrected chi connectivity index (χ1v) is 9.18. The van der Waals surface area contributed by atoms with Gasteiger partial charge in [0.15, 0.2) is 11.5 Å². The molecular weight excluding hydrogens is 354 g/mol. The molecule has 2 aliphatic heterocycles. The van der Waals surface area contributed by atoms with Crippen LogP contribution < -0.4 is 20.1 Å². The zero-order valence-electron chi connectivity index (χ0n) is 14.9. The molecule has 0 saturated heterocycles. The van der Waals surface area contributed by atoms with Crippen molar-refractivity contribution in [2.75, 3.05) is 33.1 Å². The number of phenolic OH excluding ortho intramolecular Hbond substituents is 1. The Morgan fingerprint density at radius 3 is 2.58 bits per heavy atom. The molecule has 26 heavy (non-hydrogen) atoms. The molecule has 7 nitrogen and oxygen atoms in total. The van der Waals surface area contributed by atoms with Gasteiger partial charge in [0.05, 0.1) is 19.8 Å². The molecule has 3 heterocycles. The van der Waals surface area contributed by atoms with E-state index in [1.807, 2.05) is 0 Å². The third-order valence-corrected chi connectivity index (χ3v) is 6.01. The molecule has 1 aromatic heterocycles. The lowest BCUT2D eigenvalue weighted by molar-refractivity contribution is 0.0934. The van der Waals surface area contributed by atoms with Gasteiger partial charge in [-0.3, -0.25) is 4.79 Å². The van der Waals surface area contributed by atoms with Gasteiger partial charge in [-0.15, -0.1) is 11.3 Å². The first-order chi connectivity index (χ1) is 12.5. The van der Waals surface area contributed by atoms with Gasteiger partial charge >= 0.3 is 0 Å². The Morgan fingerprint density at radius 2 is 1.92 bits per heavy atom. The molecule has 0 spiro atoms. The summed E-state index contributed by atoms with van der Waals surface area (Å²) in [6, 6.07) is 3.39. The van der Waals surface area contributed by atoms with Crippen LogP contribution in [-0.2, 0) is 13.0 Å². The lowest BCUT2D eigenvalue weighted by atomic mass is 10.0. The maximum atomic E-state index is 12.8. The van der Waals surface area contributed by atoms with Gasteiger partial charge in [-0.1, -0.05) is 0 Å². The number of likely N-dealkylation sites (N-methyl/N-ethyl adjacent to an activating group) is 1. The summed E-state index contributed by atoms with van der Waals surface area (Å²) in [5, 5.41) is 17.4. The molecule has 2 aliphatic rings. The number of benzene rings is 1. The van der Waals surface area contributed by atoms with E-state index in [9.17, 15) is 9.90 Å². The smallest absolute Gasteiger partial charge is 0.256 e. The van der Waals surface area contributed by atoms with E-state index >= 15 is 0 Å². The van der Waals surface area contributed by atoms with E-state index in [1.165, 1.54) is 19.1 Å². The van der Waals surface area contributed by atoms with Crippen LogP contribution in [0.2, 0.25) is 0 Å². The summed E-state index contributed by atoms with van der Waals surface area (Å²) in [5.41, 5.74) is 2.68. The molecule has 3 N–H and O–H groups in total. The zero-order valence-corrected chi connectivity index (χ0v) is 15.7. The SMILES string of the molecule is COc1cc([C@@H]2NC(=O)c3c(sc4c3CCN(C)C4)N2)cc(OC)c1O. The van der Waals surface area contributed by atoms with Gasteiger partial charge in [0.2, 0.25) is 5.75 Å². The van der Waals surface area contributed by atoms with Crippen LogP contribution in [0.3, 0.4) is 0 Å². The molecule has 8 heteroatoms. The van der Waals surface area contributed by atoms with Crippen LogP contribution in [0.25, 0.3) is 0 Å². The van der Waals surface area contributed by atoms with Crippen LogP contribution in [-0.4, -0.2) is 43.7 Å². The minimum absolute atomic E-state index is 0.0591.